The lowest BCUT2D eigenvalue weighted by Crippen LogP contribution is -2.45. The molecule has 180 valence electrons. The van der Waals surface area contributed by atoms with Crippen LogP contribution in [-0.2, 0) is 14.8 Å². The Kier molecular flexibility index (Phi) is 8.57. The van der Waals surface area contributed by atoms with E-state index in [1.807, 2.05) is 6.92 Å². The molecule has 0 heterocycles. The molecule has 0 aliphatic heterocycles. The molecule has 8 nitrogen and oxygen atoms in total. The van der Waals surface area contributed by atoms with E-state index >= 15 is 0 Å². The Balaban J connectivity index is 1.84. The first-order valence-corrected chi connectivity index (χ1v) is 12.6. The van der Waals surface area contributed by atoms with Crippen molar-refractivity contribution in [2.75, 3.05) is 32.7 Å². The number of amides is 1. The van der Waals surface area contributed by atoms with Crippen LogP contribution in [0.25, 0.3) is 0 Å². The van der Waals surface area contributed by atoms with E-state index in [1.54, 1.807) is 37.4 Å². The molecule has 3 rings (SSSR count). The van der Waals surface area contributed by atoms with Crippen LogP contribution in [0.2, 0.25) is 0 Å². The van der Waals surface area contributed by atoms with E-state index < -0.39 is 15.9 Å². The standard InChI is InChI=1S/C24H32N2O6S/c1-4-32-19-10-13-21(14-11-19)33(28,29)26(18-8-6-5-7-9-18)17-24(27)25-22-15-12-20(30-2)16-23(22)31-3/h10-16,18H,4-9,17H2,1-3H3,(H,25,27). The quantitative estimate of drug-likeness (QED) is 0.556. The fourth-order valence-corrected chi connectivity index (χ4v) is 5.66. The predicted octanol–water partition coefficient (Wildman–Crippen LogP) is 4.06. The van der Waals surface area contributed by atoms with Gasteiger partial charge in [0.25, 0.3) is 0 Å². The van der Waals surface area contributed by atoms with Crippen molar-refractivity contribution in [3.05, 3.63) is 42.5 Å². The monoisotopic (exact) mass is 476 g/mol. The van der Waals surface area contributed by atoms with Crippen molar-refractivity contribution in [3.63, 3.8) is 0 Å². The highest BCUT2D eigenvalue weighted by molar-refractivity contribution is 7.89. The summed E-state index contributed by atoms with van der Waals surface area (Å²) in [6, 6.07) is 11.1. The summed E-state index contributed by atoms with van der Waals surface area (Å²) in [5.74, 6) is 1.19. The van der Waals surface area contributed by atoms with E-state index in [-0.39, 0.29) is 17.5 Å². The SMILES string of the molecule is CCOc1ccc(S(=O)(=O)N(CC(=O)Nc2ccc(OC)cc2OC)C2CCCCC2)cc1. The topological polar surface area (TPSA) is 94.2 Å². The number of rotatable bonds is 10. The molecule has 0 atom stereocenters. The number of methoxy groups -OCH3 is 2. The molecule has 0 radical (unpaired) electrons. The Morgan fingerprint density at radius 3 is 2.27 bits per heavy atom. The number of nitrogens with zero attached hydrogens (tertiary/aromatic N) is 1. The lowest BCUT2D eigenvalue weighted by molar-refractivity contribution is -0.116. The number of carbonyl (C=O) groups is 1. The fraction of sp³-hybridized carbons (Fsp3) is 0.458. The number of hydrogen-bond acceptors (Lipinski definition) is 6. The highest BCUT2D eigenvalue weighted by Crippen LogP contribution is 2.31. The highest BCUT2D eigenvalue weighted by atomic mass is 32.2. The molecule has 1 fully saturated rings. The first-order chi connectivity index (χ1) is 15.9. The van der Waals surface area contributed by atoms with Gasteiger partial charge in [-0.05, 0) is 56.2 Å². The van der Waals surface area contributed by atoms with Crippen LogP contribution in [0.1, 0.15) is 39.0 Å². The normalized spacial score (nSPS) is 14.7. The molecule has 1 saturated carbocycles. The Hall–Kier alpha value is -2.78. The van der Waals surface area contributed by atoms with E-state index in [2.05, 4.69) is 5.32 Å². The minimum Gasteiger partial charge on any atom is -0.497 e. The van der Waals surface area contributed by atoms with Crippen LogP contribution in [0.5, 0.6) is 17.2 Å². The maximum atomic E-state index is 13.6. The zero-order chi connectivity index (χ0) is 23.8. The molecule has 33 heavy (non-hydrogen) atoms. The zero-order valence-electron chi connectivity index (χ0n) is 19.4. The van der Waals surface area contributed by atoms with Gasteiger partial charge in [-0.15, -0.1) is 0 Å². The lowest BCUT2D eigenvalue weighted by Gasteiger charge is -2.33. The molecule has 0 saturated heterocycles. The van der Waals surface area contributed by atoms with Crippen molar-refractivity contribution in [3.8, 4) is 17.2 Å². The third-order valence-corrected chi connectivity index (χ3v) is 7.62. The van der Waals surface area contributed by atoms with Crippen LogP contribution < -0.4 is 19.5 Å². The van der Waals surface area contributed by atoms with Crippen molar-refractivity contribution in [1.29, 1.82) is 0 Å². The van der Waals surface area contributed by atoms with E-state index in [4.69, 9.17) is 14.2 Å². The van der Waals surface area contributed by atoms with Crippen molar-refractivity contribution in [2.24, 2.45) is 0 Å². The fourth-order valence-electron chi connectivity index (χ4n) is 4.02. The summed E-state index contributed by atoms with van der Waals surface area (Å²) in [4.78, 5) is 13.1. The first kappa shape index (κ1) is 24.9. The number of benzene rings is 2. The molecule has 2 aromatic rings. The smallest absolute Gasteiger partial charge is 0.243 e. The number of nitrogens with one attached hydrogen (secondary N) is 1. The van der Waals surface area contributed by atoms with Gasteiger partial charge in [0.1, 0.15) is 17.2 Å². The highest BCUT2D eigenvalue weighted by Gasteiger charge is 2.34. The van der Waals surface area contributed by atoms with Gasteiger partial charge in [0, 0.05) is 12.1 Å². The predicted molar refractivity (Wildman–Crippen MR) is 127 cm³/mol. The summed E-state index contributed by atoms with van der Waals surface area (Å²) in [5, 5.41) is 2.79. The van der Waals surface area contributed by atoms with Crippen molar-refractivity contribution < 1.29 is 27.4 Å². The number of anilines is 1. The van der Waals surface area contributed by atoms with Crippen molar-refractivity contribution >= 4 is 21.6 Å². The van der Waals surface area contributed by atoms with Gasteiger partial charge in [0.05, 0.1) is 38.0 Å². The number of carbonyl (C=O) groups excluding carboxylic acids is 1. The van der Waals surface area contributed by atoms with Crippen LogP contribution in [-0.4, -0.2) is 52.0 Å². The third-order valence-electron chi connectivity index (χ3n) is 5.71. The Bertz CT molecular complexity index is 1030. The molecule has 0 spiro atoms. The van der Waals surface area contributed by atoms with Gasteiger partial charge in [-0.1, -0.05) is 19.3 Å². The summed E-state index contributed by atoms with van der Waals surface area (Å²) in [7, 11) is -0.843. The average Bonchev–Trinajstić information content (AvgIpc) is 2.83. The number of ether oxygens (including phenoxy) is 3. The molecule has 0 aromatic heterocycles. The summed E-state index contributed by atoms with van der Waals surface area (Å²) in [6.07, 6.45) is 4.41. The van der Waals surface area contributed by atoms with Crippen LogP contribution in [0.3, 0.4) is 0 Å². The molecule has 1 aliphatic carbocycles. The molecule has 9 heteroatoms. The van der Waals surface area contributed by atoms with E-state index in [0.717, 1.165) is 32.1 Å². The molecule has 0 bridgehead atoms. The van der Waals surface area contributed by atoms with Gasteiger partial charge in [-0.3, -0.25) is 4.79 Å². The van der Waals surface area contributed by atoms with Gasteiger partial charge < -0.3 is 19.5 Å². The molecular weight excluding hydrogens is 444 g/mol. The molecular formula is C24H32N2O6S. The van der Waals surface area contributed by atoms with E-state index in [9.17, 15) is 13.2 Å². The van der Waals surface area contributed by atoms with Gasteiger partial charge in [0.15, 0.2) is 0 Å². The zero-order valence-corrected chi connectivity index (χ0v) is 20.2. The van der Waals surface area contributed by atoms with Crippen LogP contribution in [0.15, 0.2) is 47.4 Å². The van der Waals surface area contributed by atoms with Crippen molar-refractivity contribution in [2.45, 2.75) is 50.0 Å². The molecule has 1 aliphatic rings. The van der Waals surface area contributed by atoms with Crippen LogP contribution in [0, 0.1) is 0 Å². The second-order valence-corrected chi connectivity index (χ2v) is 9.75. The molecule has 1 amide bonds. The minimum absolute atomic E-state index is 0.145. The third kappa shape index (κ3) is 6.17. The molecule has 1 N–H and O–H groups in total. The Labute approximate surface area is 195 Å². The second kappa shape index (κ2) is 11.4. The summed E-state index contributed by atoms with van der Waals surface area (Å²) in [6.45, 7) is 2.08. The summed E-state index contributed by atoms with van der Waals surface area (Å²) >= 11 is 0. The van der Waals surface area contributed by atoms with Crippen LogP contribution >= 0.6 is 0 Å². The van der Waals surface area contributed by atoms with Gasteiger partial charge in [-0.2, -0.15) is 4.31 Å². The summed E-state index contributed by atoms with van der Waals surface area (Å²) in [5.41, 5.74) is 0.449. The minimum atomic E-state index is -3.88. The maximum absolute atomic E-state index is 13.6. The molecule has 2 aromatic carbocycles. The Morgan fingerprint density at radius 2 is 1.67 bits per heavy atom. The Morgan fingerprint density at radius 1 is 1.00 bits per heavy atom. The van der Waals surface area contributed by atoms with E-state index in [0.29, 0.717) is 29.5 Å². The first-order valence-electron chi connectivity index (χ1n) is 11.2. The average molecular weight is 477 g/mol. The lowest BCUT2D eigenvalue weighted by atomic mass is 9.95. The van der Waals surface area contributed by atoms with Gasteiger partial charge in [-0.25, -0.2) is 8.42 Å². The number of sulfonamides is 1. The van der Waals surface area contributed by atoms with Crippen LogP contribution in [0.4, 0.5) is 5.69 Å². The largest absolute Gasteiger partial charge is 0.497 e. The number of hydrogen-bond donors (Lipinski definition) is 1. The summed E-state index contributed by atoms with van der Waals surface area (Å²) < 4.78 is 44.4. The van der Waals surface area contributed by atoms with Crippen molar-refractivity contribution in [1.82, 2.24) is 4.31 Å². The van der Waals surface area contributed by atoms with Gasteiger partial charge in [0.2, 0.25) is 15.9 Å². The maximum Gasteiger partial charge on any atom is 0.243 e. The molecule has 0 unspecified atom stereocenters. The van der Waals surface area contributed by atoms with E-state index in [1.165, 1.54) is 23.5 Å². The van der Waals surface area contributed by atoms with Gasteiger partial charge >= 0.3 is 0 Å². The second-order valence-electron chi connectivity index (χ2n) is 7.86.